The van der Waals surface area contributed by atoms with E-state index >= 15 is 0 Å². The summed E-state index contributed by atoms with van der Waals surface area (Å²) in [5.74, 6) is -0.186. The van der Waals surface area contributed by atoms with Gasteiger partial charge in [-0.1, -0.05) is 78.9 Å². The van der Waals surface area contributed by atoms with Gasteiger partial charge in [0.05, 0.1) is 0 Å². The van der Waals surface area contributed by atoms with Gasteiger partial charge in [-0.15, -0.1) is 10.2 Å². The van der Waals surface area contributed by atoms with Gasteiger partial charge in [0.1, 0.15) is 5.01 Å². The predicted octanol–water partition coefficient (Wildman–Crippen LogP) is 4.67. The van der Waals surface area contributed by atoms with E-state index in [1.165, 1.54) is 11.3 Å². The second-order valence-electron chi connectivity index (χ2n) is 5.54. The van der Waals surface area contributed by atoms with Gasteiger partial charge in [-0.3, -0.25) is 10.1 Å². The number of carbonyl (C=O) groups is 1. The van der Waals surface area contributed by atoms with E-state index in [1.54, 1.807) is 0 Å². The molecule has 25 heavy (non-hydrogen) atoms. The van der Waals surface area contributed by atoms with Crippen LogP contribution < -0.4 is 5.32 Å². The molecule has 3 rings (SSSR count). The van der Waals surface area contributed by atoms with E-state index in [4.69, 9.17) is 0 Å². The maximum atomic E-state index is 12.8. The smallest absolute Gasteiger partial charge is 0.258 e. The number of hydrogen-bond donors (Lipinski definition) is 1. The van der Waals surface area contributed by atoms with E-state index in [9.17, 15) is 4.79 Å². The molecule has 1 aromatic heterocycles. The number of rotatable bonds is 6. The maximum Gasteiger partial charge on any atom is 0.258 e. The number of hydrogen-bond acceptors (Lipinski definition) is 4. The fourth-order valence-corrected chi connectivity index (χ4v) is 3.23. The van der Waals surface area contributed by atoms with Crippen LogP contribution in [0.4, 0.5) is 5.13 Å². The highest BCUT2D eigenvalue weighted by molar-refractivity contribution is 7.15. The van der Waals surface area contributed by atoms with Crippen LogP contribution >= 0.6 is 11.3 Å². The summed E-state index contributed by atoms with van der Waals surface area (Å²) in [4.78, 5) is 12.8. The first-order valence-corrected chi connectivity index (χ1v) is 9.04. The molecular formula is C20H19N3OS. The molecular weight excluding hydrogens is 330 g/mol. The Morgan fingerprint density at radius 1 is 1.04 bits per heavy atom. The summed E-state index contributed by atoms with van der Waals surface area (Å²) in [5.41, 5.74) is 2.43. The lowest BCUT2D eigenvalue weighted by molar-refractivity contribution is -0.111. The van der Waals surface area contributed by atoms with E-state index in [-0.39, 0.29) is 5.91 Å². The molecule has 0 saturated heterocycles. The summed E-state index contributed by atoms with van der Waals surface area (Å²) in [7, 11) is 0. The molecule has 5 heteroatoms. The van der Waals surface area contributed by atoms with Crippen LogP contribution in [0.1, 0.15) is 29.5 Å². The third kappa shape index (κ3) is 4.61. The summed E-state index contributed by atoms with van der Waals surface area (Å²) in [6, 6.07) is 19.4. The monoisotopic (exact) mass is 349 g/mol. The number of nitrogens with one attached hydrogen (secondary N) is 1. The number of nitrogens with zero attached hydrogens (tertiary/aromatic N) is 2. The molecule has 0 atom stereocenters. The molecule has 1 N–H and O–H groups in total. The fraction of sp³-hybridized carbons (Fsp3) is 0.150. The van der Waals surface area contributed by atoms with Gasteiger partial charge in [-0.2, -0.15) is 0 Å². The summed E-state index contributed by atoms with van der Waals surface area (Å²) in [5, 5.41) is 12.5. The minimum atomic E-state index is -0.186. The summed E-state index contributed by atoms with van der Waals surface area (Å²) in [6.45, 7) is 2.09. The van der Waals surface area contributed by atoms with Gasteiger partial charge in [0, 0.05) is 12.0 Å². The summed E-state index contributed by atoms with van der Waals surface area (Å²) in [6.07, 6.45) is 3.77. The first-order chi connectivity index (χ1) is 12.3. The molecule has 0 aliphatic heterocycles. The van der Waals surface area contributed by atoms with Gasteiger partial charge >= 0.3 is 0 Å². The van der Waals surface area contributed by atoms with E-state index in [2.05, 4.69) is 22.4 Å². The molecule has 3 aromatic rings. The molecule has 1 amide bonds. The molecule has 0 saturated carbocycles. The highest BCUT2D eigenvalue weighted by atomic mass is 32.1. The van der Waals surface area contributed by atoms with Crippen molar-refractivity contribution in [3.8, 4) is 0 Å². The molecule has 0 aliphatic carbocycles. The Balaban J connectivity index is 1.88. The van der Waals surface area contributed by atoms with Crippen LogP contribution in [0.15, 0.2) is 60.7 Å². The van der Waals surface area contributed by atoms with Gasteiger partial charge in [-0.25, -0.2) is 0 Å². The van der Waals surface area contributed by atoms with E-state index < -0.39 is 0 Å². The number of anilines is 1. The zero-order chi connectivity index (χ0) is 17.5. The van der Waals surface area contributed by atoms with Crippen LogP contribution in [0.5, 0.6) is 0 Å². The van der Waals surface area contributed by atoms with E-state index in [0.717, 1.165) is 29.0 Å². The van der Waals surface area contributed by atoms with Crippen molar-refractivity contribution in [3.05, 3.63) is 76.8 Å². The number of carbonyl (C=O) groups excluding carboxylic acids is 1. The normalized spacial score (nSPS) is 11.3. The summed E-state index contributed by atoms with van der Waals surface area (Å²) < 4.78 is 0. The molecule has 0 fully saturated rings. The molecule has 126 valence electrons. The molecule has 2 aromatic carbocycles. The quantitative estimate of drug-likeness (QED) is 0.520. The topological polar surface area (TPSA) is 54.9 Å². The van der Waals surface area contributed by atoms with Crippen molar-refractivity contribution in [2.75, 3.05) is 5.32 Å². The van der Waals surface area contributed by atoms with Crippen LogP contribution in [-0.2, 0) is 11.2 Å². The molecule has 1 heterocycles. The third-order valence-electron chi connectivity index (χ3n) is 3.59. The second kappa shape index (κ2) is 8.35. The number of aryl methyl sites for hydroxylation is 1. The van der Waals surface area contributed by atoms with Crippen molar-refractivity contribution in [1.82, 2.24) is 10.2 Å². The van der Waals surface area contributed by atoms with E-state index in [0.29, 0.717) is 10.7 Å². The van der Waals surface area contributed by atoms with Crippen molar-refractivity contribution < 1.29 is 4.79 Å². The van der Waals surface area contributed by atoms with Crippen molar-refractivity contribution in [3.63, 3.8) is 0 Å². The zero-order valence-corrected chi connectivity index (χ0v) is 14.8. The highest BCUT2D eigenvalue weighted by Crippen LogP contribution is 2.22. The van der Waals surface area contributed by atoms with Crippen LogP contribution in [0.25, 0.3) is 11.6 Å². The standard InChI is InChI=1S/C20H19N3OS/c1-2-9-18-22-23-20(25-18)21-19(24)17(16-12-7-4-8-13-16)14-15-10-5-3-6-11-15/h3-8,10-14H,2,9H2,1H3,(H,21,23,24)/b17-14+. The van der Waals surface area contributed by atoms with Gasteiger partial charge in [0.2, 0.25) is 5.13 Å². The lowest BCUT2D eigenvalue weighted by atomic mass is 10.0. The molecule has 0 bridgehead atoms. The van der Waals surface area contributed by atoms with Crippen molar-refractivity contribution in [1.29, 1.82) is 0 Å². The predicted molar refractivity (Wildman–Crippen MR) is 103 cm³/mol. The lowest BCUT2D eigenvalue weighted by Gasteiger charge is -2.07. The largest absolute Gasteiger partial charge is 0.296 e. The van der Waals surface area contributed by atoms with Gasteiger partial charge in [0.15, 0.2) is 0 Å². The number of benzene rings is 2. The van der Waals surface area contributed by atoms with Crippen molar-refractivity contribution in [2.24, 2.45) is 0 Å². The van der Waals surface area contributed by atoms with Crippen LogP contribution in [-0.4, -0.2) is 16.1 Å². The highest BCUT2D eigenvalue weighted by Gasteiger charge is 2.14. The third-order valence-corrected chi connectivity index (χ3v) is 4.49. The molecule has 0 unspecified atom stereocenters. The lowest BCUT2D eigenvalue weighted by Crippen LogP contribution is -2.13. The average molecular weight is 349 g/mol. The second-order valence-corrected chi connectivity index (χ2v) is 6.60. The van der Waals surface area contributed by atoms with Gasteiger partial charge in [-0.05, 0) is 23.6 Å². The fourth-order valence-electron chi connectivity index (χ4n) is 2.40. The van der Waals surface area contributed by atoms with Crippen LogP contribution in [0.2, 0.25) is 0 Å². The molecule has 0 radical (unpaired) electrons. The Hall–Kier alpha value is -2.79. The minimum Gasteiger partial charge on any atom is -0.296 e. The van der Waals surface area contributed by atoms with Crippen molar-refractivity contribution in [2.45, 2.75) is 19.8 Å². The average Bonchev–Trinajstić information content (AvgIpc) is 3.08. The Kier molecular flexibility index (Phi) is 5.69. The first-order valence-electron chi connectivity index (χ1n) is 8.22. The Bertz CT molecular complexity index is 857. The molecule has 0 aliphatic rings. The Morgan fingerprint density at radius 2 is 1.72 bits per heavy atom. The Labute approximate surface area is 151 Å². The SMILES string of the molecule is CCCc1nnc(NC(=O)/C(=C/c2ccccc2)c2ccccc2)s1. The molecule has 4 nitrogen and oxygen atoms in total. The Morgan fingerprint density at radius 3 is 2.40 bits per heavy atom. The van der Waals surface area contributed by atoms with Crippen LogP contribution in [0, 0.1) is 0 Å². The van der Waals surface area contributed by atoms with Crippen LogP contribution in [0.3, 0.4) is 0 Å². The van der Waals surface area contributed by atoms with E-state index in [1.807, 2.05) is 66.7 Å². The first kappa shape index (κ1) is 17.0. The maximum absolute atomic E-state index is 12.8. The van der Waals surface area contributed by atoms with Gasteiger partial charge in [0.25, 0.3) is 5.91 Å². The number of aromatic nitrogens is 2. The molecule has 0 spiro atoms. The number of amides is 1. The zero-order valence-electron chi connectivity index (χ0n) is 14.0. The van der Waals surface area contributed by atoms with Gasteiger partial charge < -0.3 is 0 Å². The summed E-state index contributed by atoms with van der Waals surface area (Å²) >= 11 is 1.42. The van der Waals surface area contributed by atoms with Crippen molar-refractivity contribution >= 4 is 34.0 Å². The minimum absolute atomic E-state index is 0.186.